The maximum Gasteiger partial charge on any atom is 0.0644 e. The molecule has 1 saturated heterocycles. The minimum Gasteiger partial charge on any atom is -0.392 e. The second kappa shape index (κ2) is 5.23. The number of nitrogens with two attached hydrogens (primary N) is 1. The molecule has 1 fully saturated rings. The largest absolute Gasteiger partial charge is 0.392 e. The van der Waals surface area contributed by atoms with E-state index in [1.54, 1.807) is 0 Å². The highest BCUT2D eigenvalue weighted by Crippen LogP contribution is 2.42. The molecule has 1 aromatic rings. The van der Waals surface area contributed by atoms with E-state index in [0.29, 0.717) is 12.5 Å². The molecule has 3 rings (SSSR count). The summed E-state index contributed by atoms with van der Waals surface area (Å²) in [7, 11) is 0. The van der Waals surface area contributed by atoms with Crippen molar-refractivity contribution in [3.05, 3.63) is 35.4 Å². The van der Waals surface area contributed by atoms with E-state index in [4.69, 9.17) is 10.5 Å². The Balaban J connectivity index is 1.81. The summed E-state index contributed by atoms with van der Waals surface area (Å²) in [6.07, 6.45) is 3.43. The van der Waals surface area contributed by atoms with Crippen molar-refractivity contribution in [3.8, 4) is 0 Å². The average molecular weight is 261 g/mol. The molecule has 1 atom stereocenters. The summed E-state index contributed by atoms with van der Waals surface area (Å²) in [5.41, 5.74) is 8.62. The van der Waals surface area contributed by atoms with Gasteiger partial charge in [-0.25, -0.2) is 0 Å². The van der Waals surface area contributed by atoms with Crippen LogP contribution in [0.1, 0.15) is 24.0 Å². The van der Waals surface area contributed by atoms with Crippen molar-refractivity contribution < 1.29 is 9.84 Å². The number of ether oxygens (including phenoxy) is 1. The van der Waals surface area contributed by atoms with Gasteiger partial charge in [0.05, 0.1) is 6.10 Å². The molecule has 3 heteroatoms. The molecule has 19 heavy (non-hydrogen) atoms. The highest BCUT2D eigenvalue weighted by Gasteiger charge is 2.45. The zero-order valence-corrected chi connectivity index (χ0v) is 11.3. The van der Waals surface area contributed by atoms with Gasteiger partial charge >= 0.3 is 0 Å². The zero-order valence-electron chi connectivity index (χ0n) is 11.3. The van der Waals surface area contributed by atoms with Crippen molar-refractivity contribution in [3.63, 3.8) is 0 Å². The number of aliphatic hydroxyl groups is 1. The SMILES string of the molecule is NCC1(C(O)C2CCOCC2)Cc2ccccc2C1. The maximum atomic E-state index is 10.9. The lowest BCUT2D eigenvalue weighted by Gasteiger charge is -2.39. The molecule has 1 heterocycles. The molecule has 1 aliphatic heterocycles. The highest BCUT2D eigenvalue weighted by molar-refractivity contribution is 5.35. The molecule has 0 bridgehead atoms. The average Bonchev–Trinajstić information content (AvgIpc) is 2.87. The number of hydrogen-bond acceptors (Lipinski definition) is 3. The highest BCUT2D eigenvalue weighted by atomic mass is 16.5. The van der Waals surface area contributed by atoms with E-state index in [-0.39, 0.29) is 11.5 Å². The Labute approximate surface area is 114 Å². The number of fused-ring (bicyclic) bond motifs is 1. The molecular formula is C16H23NO2. The van der Waals surface area contributed by atoms with Crippen molar-refractivity contribution in [2.75, 3.05) is 19.8 Å². The minimum absolute atomic E-state index is 0.161. The van der Waals surface area contributed by atoms with Crippen molar-refractivity contribution >= 4 is 0 Å². The van der Waals surface area contributed by atoms with Crippen molar-refractivity contribution in [2.24, 2.45) is 17.1 Å². The van der Waals surface area contributed by atoms with Crippen LogP contribution in [0.2, 0.25) is 0 Å². The van der Waals surface area contributed by atoms with E-state index in [9.17, 15) is 5.11 Å². The van der Waals surface area contributed by atoms with Crippen LogP contribution in [-0.2, 0) is 17.6 Å². The van der Waals surface area contributed by atoms with Gasteiger partial charge in [-0.1, -0.05) is 24.3 Å². The van der Waals surface area contributed by atoms with Crippen LogP contribution in [0, 0.1) is 11.3 Å². The number of aliphatic hydroxyl groups excluding tert-OH is 1. The molecule has 0 amide bonds. The minimum atomic E-state index is -0.311. The van der Waals surface area contributed by atoms with E-state index < -0.39 is 0 Å². The molecule has 1 aliphatic carbocycles. The quantitative estimate of drug-likeness (QED) is 0.867. The van der Waals surface area contributed by atoms with Crippen LogP contribution in [0.5, 0.6) is 0 Å². The van der Waals surface area contributed by atoms with Gasteiger partial charge in [0.15, 0.2) is 0 Å². The van der Waals surface area contributed by atoms with Gasteiger partial charge in [0.1, 0.15) is 0 Å². The monoisotopic (exact) mass is 261 g/mol. The van der Waals surface area contributed by atoms with Crippen molar-refractivity contribution in [1.29, 1.82) is 0 Å². The third-order valence-electron chi connectivity index (χ3n) is 4.95. The summed E-state index contributed by atoms with van der Waals surface area (Å²) < 4.78 is 5.40. The molecule has 3 nitrogen and oxygen atoms in total. The Morgan fingerprint density at radius 2 is 1.79 bits per heavy atom. The Morgan fingerprint density at radius 1 is 1.21 bits per heavy atom. The topological polar surface area (TPSA) is 55.5 Å². The van der Waals surface area contributed by atoms with Crippen LogP contribution in [-0.4, -0.2) is 31.0 Å². The normalized spacial score (nSPS) is 24.1. The molecule has 2 aliphatic rings. The summed E-state index contributed by atoms with van der Waals surface area (Å²) in [5, 5.41) is 10.9. The lowest BCUT2D eigenvalue weighted by molar-refractivity contribution is -0.0521. The molecule has 1 unspecified atom stereocenters. The third kappa shape index (κ3) is 2.31. The fourth-order valence-electron chi connectivity index (χ4n) is 3.73. The van der Waals surface area contributed by atoms with Crippen LogP contribution in [0.4, 0.5) is 0 Å². The smallest absolute Gasteiger partial charge is 0.0644 e. The van der Waals surface area contributed by atoms with Crippen molar-refractivity contribution in [2.45, 2.75) is 31.8 Å². The Morgan fingerprint density at radius 3 is 2.32 bits per heavy atom. The molecule has 0 radical (unpaired) electrons. The molecule has 104 valence electrons. The van der Waals surface area contributed by atoms with Gasteiger partial charge in [-0.05, 0) is 42.7 Å². The van der Waals surface area contributed by atoms with Gasteiger partial charge in [0.25, 0.3) is 0 Å². The van der Waals surface area contributed by atoms with Crippen LogP contribution >= 0.6 is 0 Å². The van der Waals surface area contributed by atoms with Crippen LogP contribution in [0.3, 0.4) is 0 Å². The van der Waals surface area contributed by atoms with Gasteiger partial charge in [-0.2, -0.15) is 0 Å². The van der Waals surface area contributed by atoms with Gasteiger partial charge in [-0.15, -0.1) is 0 Å². The fraction of sp³-hybridized carbons (Fsp3) is 0.625. The van der Waals surface area contributed by atoms with E-state index in [1.807, 2.05) is 0 Å². The first-order valence-corrected chi connectivity index (χ1v) is 7.28. The van der Waals surface area contributed by atoms with E-state index >= 15 is 0 Å². The fourth-order valence-corrected chi connectivity index (χ4v) is 3.73. The molecule has 0 aromatic heterocycles. The molecule has 1 aromatic carbocycles. The Hall–Kier alpha value is -0.900. The predicted molar refractivity (Wildman–Crippen MR) is 74.9 cm³/mol. The van der Waals surface area contributed by atoms with Crippen LogP contribution in [0.25, 0.3) is 0 Å². The second-order valence-corrected chi connectivity index (χ2v) is 6.08. The summed E-state index contributed by atoms with van der Waals surface area (Å²) >= 11 is 0. The van der Waals surface area contributed by atoms with Gasteiger partial charge in [-0.3, -0.25) is 0 Å². The second-order valence-electron chi connectivity index (χ2n) is 6.08. The van der Waals surface area contributed by atoms with Crippen molar-refractivity contribution in [1.82, 2.24) is 0 Å². The number of rotatable bonds is 3. The maximum absolute atomic E-state index is 10.9. The first-order chi connectivity index (χ1) is 9.25. The first-order valence-electron chi connectivity index (χ1n) is 7.28. The standard InChI is InChI=1S/C16H23NO2/c17-11-16(15(18)12-5-7-19-8-6-12)9-13-3-1-2-4-14(13)10-16/h1-4,12,15,18H,5-11,17H2. The number of benzene rings is 1. The molecule has 0 saturated carbocycles. The van der Waals surface area contributed by atoms with E-state index in [0.717, 1.165) is 38.9 Å². The summed E-state index contributed by atoms with van der Waals surface area (Å²) in [6, 6.07) is 8.49. The van der Waals surface area contributed by atoms with Gasteiger partial charge < -0.3 is 15.6 Å². The molecule has 0 spiro atoms. The first kappa shape index (κ1) is 13.1. The lowest BCUT2D eigenvalue weighted by Crippen LogP contribution is -2.47. The Bertz CT molecular complexity index is 415. The third-order valence-corrected chi connectivity index (χ3v) is 4.95. The van der Waals surface area contributed by atoms with Gasteiger partial charge in [0.2, 0.25) is 0 Å². The lowest BCUT2D eigenvalue weighted by atomic mass is 9.72. The van der Waals surface area contributed by atoms with Crippen LogP contribution < -0.4 is 5.73 Å². The molecular weight excluding hydrogens is 238 g/mol. The predicted octanol–water partition coefficient (Wildman–Crippen LogP) is 1.52. The van der Waals surface area contributed by atoms with Gasteiger partial charge in [0, 0.05) is 25.2 Å². The zero-order chi connectivity index (χ0) is 13.3. The number of hydrogen-bond donors (Lipinski definition) is 2. The summed E-state index contributed by atoms with van der Waals surface area (Å²) in [6.45, 7) is 2.10. The summed E-state index contributed by atoms with van der Waals surface area (Å²) in [5.74, 6) is 0.339. The molecule has 3 N–H and O–H groups in total. The Kier molecular flexibility index (Phi) is 3.61. The summed E-state index contributed by atoms with van der Waals surface area (Å²) in [4.78, 5) is 0. The van der Waals surface area contributed by atoms with Crippen LogP contribution in [0.15, 0.2) is 24.3 Å². The van der Waals surface area contributed by atoms with E-state index in [2.05, 4.69) is 24.3 Å². The van der Waals surface area contributed by atoms with E-state index in [1.165, 1.54) is 11.1 Å².